The fourth-order valence-corrected chi connectivity index (χ4v) is 2.93. The van der Waals surface area contributed by atoms with Gasteiger partial charge in [0.2, 0.25) is 5.91 Å². The fraction of sp³-hybridized carbons (Fsp3) is 0.200. The van der Waals surface area contributed by atoms with E-state index in [0.29, 0.717) is 0 Å². The molecule has 11 nitrogen and oxygen atoms in total. The number of benzene rings is 2. The third-order valence-corrected chi connectivity index (χ3v) is 4.47. The van der Waals surface area contributed by atoms with Gasteiger partial charge in [0.25, 0.3) is 5.69 Å². The van der Waals surface area contributed by atoms with E-state index in [0.717, 1.165) is 30.3 Å². The van der Waals surface area contributed by atoms with Gasteiger partial charge in [-0.2, -0.15) is 18.3 Å². The first kappa shape index (κ1) is 24.2. The van der Waals surface area contributed by atoms with Gasteiger partial charge in [0, 0.05) is 25.1 Å². The summed E-state index contributed by atoms with van der Waals surface area (Å²) in [7, 11) is 0. The standard InChI is InChI=1S/C20H16F3N5O6/c1-12-18(28(32)33)11-26(25-12)6-5-19(29)24-14-8-15(27(30)31)10-17(9-14)34-16-4-2-3-13(7-16)20(21,22)23/h2-4,7-11H,5-6H2,1H3,(H,24,29). The molecule has 34 heavy (non-hydrogen) atoms. The molecule has 0 saturated carbocycles. The van der Waals surface area contributed by atoms with Gasteiger partial charge in [-0.25, -0.2) is 0 Å². The summed E-state index contributed by atoms with van der Waals surface area (Å²) in [5, 5.41) is 28.5. The number of non-ortho nitro benzene ring substituents is 1. The quantitative estimate of drug-likeness (QED) is 0.359. The molecule has 0 spiro atoms. The Morgan fingerprint density at radius 3 is 2.47 bits per heavy atom. The average molecular weight is 479 g/mol. The van der Waals surface area contributed by atoms with Crippen LogP contribution >= 0.6 is 0 Å². The Labute approximate surface area is 189 Å². The van der Waals surface area contributed by atoms with Crippen molar-refractivity contribution in [3.8, 4) is 11.5 Å². The van der Waals surface area contributed by atoms with Crippen molar-refractivity contribution < 1.29 is 32.5 Å². The van der Waals surface area contributed by atoms with Crippen LogP contribution in [0.1, 0.15) is 17.7 Å². The Morgan fingerprint density at radius 1 is 1.12 bits per heavy atom. The number of ether oxygens (including phenoxy) is 1. The third-order valence-electron chi connectivity index (χ3n) is 4.47. The monoisotopic (exact) mass is 479 g/mol. The molecule has 0 aliphatic rings. The van der Waals surface area contributed by atoms with Crippen molar-refractivity contribution in [1.82, 2.24) is 9.78 Å². The van der Waals surface area contributed by atoms with Crippen molar-refractivity contribution in [2.24, 2.45) is 0 Å². The van der Waals surface area contributed by atoms with Crippen LogP contribution in [0.15, 0.2) is 48.7 Å². The average Bonchev–Trinajstić information content (AvgIpc) is 3.12. The van der Waals surface area contributed by atoms with Crippen molar-refractivity contribution >= 4 is 23.0 Å². The molecule has 0 unspecified atom stereocenters. The van der Waals surface area contributed by atoms with E-state index >= 15 is 0 Å². The van der Waals surface area contributed by atoms with Crippen molar-refractivity contribution in [1.29, 1.82) is 0 Å². The minimum Gasteiger partial charge on any atom is -0.457 e. The van der Waals surface area contributed by atoms with Crippen LogP contribution in [0.5, 0.6) is 11.5 Å². The van der Waals surface area contributed by atoms with E-state index in [-0.39, 0.29) is 41.5 Å². The lowest BCUT2D eigenvalue weighted by molar-refractivity contribution is -0.385. The molecule has 0 radical (unpaired) electrons. The molecule has 0 saturated heterocycles. The number of aromatic nitrogens is 2. The van der Waals surface area contributed by atoms with Gasteiger partial charge in [0.1, 0.15) is 23.4 Å². The van der Waals surface area contributed by atoms with Crippen LogP contribution < -0.4 is 10.1 Å². The first-order valence-corrected chi connectivity index (χ1v) is 9.55. The van der Waals surface area contributed by atoms with Gasteiger partial charge in [-0.05, 0) is 25.1 Å². The maximum atomic E-state index is 12.9. The molecule has 3 aromatic rings. The van der Waals surface area contributed by atoms with Gasteiger partial charge in [-0.1, -0.05) is 6.07 Å². The highest BCUT2D eigenvalue weighted by Gasteiger charge is 2.30. The summed E-state index contributed by atoms with van der Waals surface area (Å²) < 4.78 is 45.3. The number of alkyl halides is 3. The predicted molar refractivity (Wildman–Crippen MR) is 111 cm³/mol. The second-order valence-corrected chi connectivity index (χ2v) is 7.02. The summed E-state index contributed by atoms with van der Waals surface area (Å²) in [6.45, 7) is 1.45. The fourth-order valence-electron chi connectivity index (χ4n) is 2.93. The van der Waals surface area contributed by atoms with Gasteiger partial charge in [0.15, 0.2) is 0 Å². The molecule has 2 aromatic carbocycles. The number of rotatable bonds is 8. The molecule has 3 rings (SSSR count). The van der Waals surface area contributed by atoms with Crippen molar-refractivity contribution in [2.45, 2.75) is 26.1 Å². The summed E-state index contributed by atoms with van der Waals surface area (Å²) in [5.41, 5.74) is -1.46. The molecule has 0 aliphatic carbocycles. The number of carbonyl (C=O) groups excluding carboxylic acids is 1. The van der Waals surface area contributed by atoms with Crippen LogP contribution in [0, 0.1) is 27.2 Å². The van der Waals surface area contributed by atoms with Gasteiger partial charge in [0.05, 0.1) is 27.2 Å². The van der Waals surface area contributed by atoms with Crippen LogP contribution in [0.4, 0.5) is 30.2 Å². The topological polar surface area (TPSA) is 142 Å². The van der Waals surface area contributed by atoms with Crippen molar-refractivity contribution in [3.05, 3.63) is 80.1 Å². The zero-order chi connectivity index (χ0) is 25.0. The van der Waals surface area contributed by atoms with E-state index in [9.17, 15) is 38.2 Å². The smallest absolute Gasteiger partial charge is 0.416 e. The molecule has 0 bridgehead atoms. The van der Waals surface area contributed by atoms with Crippen molar-refractivity contribution in [2.75, 3.05) is 5.32 Å². The lowest BCUT2D eigenvalue weighted by atomic mass is 10.2. The highest BCUT2D eigenvalue weighted by Crippen LogP contribution is 2.34. The van der Waals surface area contributed by atoms with Gasteiger partial charge in [-0.15, -0.1) is 0 Å². The normalized spacial score (nSPS) is 11.2. The summed E-state index contributed by atoms with van der Waals surface area (Å²) in [6, 6.07) is 7.23. The lowest BCUT2D eigenvalue weighted by Crippen LogP contribution is -2.15. The molecule has 1 N–H and O–H groups in total. The molecule has 1 aromatic heterocycles. The molecular weight excluding hydrogens is 463 g/mol. The minimum absolute atomic E-state index is 0.00301. The molecule has 14 heteroatoms. The Kier molecular flexibility index (Phi) is 6.79. The number of carbonyl (C=O) groups is 1. The number of nitrogens with one attached hydrogen (secondary N) is 1. The largest absolute Gasteiger partial charge is 0.457 e. The number of nitro groups is 2. The predicted octanol–water partition coefficient (Wildman–Crippen LogP) is 4.85. The van der Waals surface area contributed by atoms with Crippen molar-refractivity contribution in [3.63, 3.8) is 0 Å². The number of nitro benzene ring substituents is 1. The number of hydrogen-bond acceptors (Lipinski definition) is 7. The molecule has 0 atom stereocenters. The summed E-state index contributed by atoms with van der Waals surface area (Å²) in [5.74, 6) is -0.952. The molecule has 0 fully saturated rings. The van der Waals surface area contributed by atoms with Crippen LogP contribution in [-0.4, -0.2) is 25.5 Å². The Hall–Kier alpha value is -4.49. The number of amides is 1. The first-order valence-electron chi connectivity index (χ1n) is 9.55. The number of halogens is 3. The van der Waals surface area contributed by atoms with E-state index in [1.807, 2.05) is 0 Å². The number of nitrogens with zero attached hydrogens (tertiary/aromatic N) is 4. The van der Waals surface area contributed by atoms with Crippen LogP contribution in [0.25, 0.3) is 0 Å². The zero-order valence-electron chi connectivity index (χ0n) is 17.4. The highest BCUT2D eigenvalue weighted by molar-refractivity contribution is 5.91. The first-order chi connectivity index (χ1) is 15.9. The summed E-state index contributed by atoms with van der Waals surface area (Å²) >= 11 is 0. The SMILES string of the molecule is Cc1nn(CCC(=O)Nc2cc(Oc3cccc(C(F)(F)F)c3)cc([N+](=O)[O-])c2)cc1[N+](=O)[O-]. The van der Waals surface area contributed by atoms with E-state index in [4.69, 9.17) is 4.74 Å². The zero-order valence-corrected chi connectivity index (χ0v) is 17.4. The second kappa shape index (κ2) is 9.56. The molecule has 1 amide bonds. The summed E-state index contributed by atoms with van der Waals surface area (Å²) in [6.07, 6.45) is -3.59. The Morgan fingerprint density at radius 2 is 1.85 bits per heavy atom. The Bertz CT molecular complexity index is 1260. The van der Waals surface area contributed by atoms with E-state index in [1.165, 1.54) is 29.9 Å². The molecule has 0 aliphatic heterocycles. The minimum atomic E-state index is -4.60. The Balaban J connectivity index is 1.74. The van der Waals surface area contributed by atoms with Crippen LogP contribution in [0.3, 0.4) is 0 Å². The third kappa shape index (κ3) is 6.05. The van der Waals surface area contributed by atoms with Crippen LogP contribution in [0.2, 0.25) is 0 Å². The second-order valence-electron chi connectivity index (χ2n) is 7.02. The molecule has 178 valence electrons. The van der Waals surface area contributed by atoms with Crippen LogP contribution in [-0.2, 0) is 17.5 Å². The number of anilines is 1. The van der Waals surface area contributed by atoms with Gasteiger partial charge >= 0.3 is 11.9 Å². The maximum Gasteiger partial charge on any atom is 0.416 e. The van der Waals surface area contributed by atoms with Gasteiger partial charge < -0.3 is 10.1 Å². The van der Waals surface area contributed by atoms with E-state index in [2.05, 4.69) is 10.4 Å². The molecular formula is C20H16F3N5O6. The highest BCUT2D eigenvalue weighted by atomic mass is 19.4. The summed E-state index contributed by atoms with van der Waals surface area (Å²) in [4.78, 5) is 33.1. The lowest BCUT2D eigenvalue weighted by Gasteiger charge is -2.11. The number of aryl methyl sites for hydroxylation is 2. The van der Waals surface area contributed by atoms with E-state index in [1.54, 1.807) is 0 Å². The van der Waals surface area contributed by atoms with Gasteiger partial charge in [-0.3, -0.25) is 29.7 Å². The molecule has 1 heterocycles. The van der Waals surface area contributed by atoms with E-state index < -0.39 is 33.2 Å². The maximum absolute atomic E-state index is 12.9. The number of hydrogen-bond donors (Lipinski definition) is 1.